The van der Waals surface area contributed by atoms with Gasteiger partial charge in [0, 0.05) is 24.3 Å². The first-order valence-corrected chi connectivity index (χ1v) is 13.5. The molecule has 0 aromatic heterocycles. The van der Waals surface area contributed by atoms with Gasteiger partial charge in [0.25, 0.3) is 0 Å². The molecule has 202 valence electrons. The van der Waals surface area contributed by atoms with Gasteiger partial charge in [-0.25, -0.2) is 4.79 Å². The van der Waals surface area contributed by atoms with Gasteiger partial charge in [-0.2, -0.15) is 0 Å². The van der Waals surface area contributed by atoms with Crippen LogP contribution >= 0.6 is 0 Å². The Balaban J connectivity index is 1.12. The van der Waals surface area contributed by atoms with Gasteiger partial charge in [0.2, 0.25) is 0 Å². The standard InChI is InChI=1S/C32H33NO6/c1-36-24-11-20(12-25(16-24)37-2)13-31(34)21-14-22-17-38-18-23(15-21)33(22)32(35)39-19-30-28-9-5-3-7-26(28)27-8-4-6-10-29(27)30/h3-12,16,21-23,30H,13-15,17-19H2,1-2H3. The summed E-state index contributed by atoms with van der Waals surface area (Å²) >= 11 is 0. The number of ether oxygens (including phenoxy) is 4. The molecule has 2 unspecified atom stereocenters. The molecule has 3 aromatic rings. The van der Waals surface area contributed by atoms with Crippen LogP contribution in [0.15, 0.2) is 66.7 Å². The molecule has 1 amide bonds. The van der Waals surface area contributed by atoms with Crippen molar-refractivity contribution in [2.24, 2.45) is 5.92 Å². The van der Waals surface area contributed by atoms with Crippen LogP contribution < -0.4 is 9.47 Å². The van der Waals surface area contributed by atoms with Gasteiger partial charge in [-0.15, -0.1) is 0 Å². The third kappa shape index (κ3) is 4.87. The van der Waals surface area contributed by atoms with E-state index in [0.29, 0.717) is 44.0 Å². The molecule has 1 aliphatic carbocycles. The number of carbonyl (C=O) groups excluding carboxylic acids is 2. The van der Waals surface area contributed by atoms with Crippen LogP contribution in [0, 0.1) is 5.92 Å². The number of nitrogens with zero attached hydrogens (tertiary/aromatic N) is 1. The average Bonchev–Trinajstić information content (AvgIpc) is 3.28. The molecule has 7 nitrogen and oxygen atoms in total. The summed E-state index contributed by atoms with van der Waals surface area (Å²) in [5, 5.41) is 0. The van der Waals surface area contributed by atoms with Crippen LogP contribution in [-0.4, -0.2) is 62.9 Å². The van der Waals surface area contributed by atoms with E-state index in [1.54, 1.807) is 20.3 Å². The van der Waals surface area contributed by atoms with Gasteiger partial charge in [-0.05, 0) is 52.8 Å². The summed E-state index contributed by atoms with van der Waals surface area (Å²) in [5.74, 6) is 1.35. The summed E-state index contributed by atoms with van der Waals surface area (Å²) in [6.45, 7) is 1.11. The number of hydrogen-bond acceptors (Lipinski definition) is 6. The number of fused-ring (bicyclic) bond motifs is 5. The smallest absolute Gasteiger partial charge is 0.410 e. The fourth-order valence-corrected chi connectivity index (χ4v) is 6.46. The van der Waals surface area contributed by atoms with E-state index in [-0.39, 0.29) is 42.4 Å². The fourth-order valence-electron chi connectivity index (χ4n) is 6.46. The highest BCUT2D eigenvalue weighted by atomic mass is 16.6. The third-order valence-corrected chi connectivity index (χ3v) is 8.31. The lowest BCUT2D eigenvalue weighted by Gasteiger charge is -2.47. The SMILES string of the molecule is COc1cc(CC(=O)C2CC3COCC(C2)N3C(=O)OCC2c3ccccc3-c3ccccc32)cc(OC)c1. The number of hydrogen-bond donors (Lipinski definition) is 0. The van der Waals surface area contributed by atoms with Crippen LogP contribution in [0.3, 0.4) is 0 Å². The Morgan fingerprint density at radius 2 is 1.41 bits per heavy atom. The van der Waals surface area contributed by atoms with E-state index in [1.807, 2.05) is 41.3 Å². The highest BCUT2D eigenvalue weighted by molar-refractivity contribution is 5.84. The Morgan fingerprint density at radius 1 is 0.846 bits per heavy atom. The lowest BCUT2D eigenvalue weighted by molar-refractivity contribution is -0.130. The van der Waals surface area contributed by atoms with Gasteiger partial charge < -0.3 is 18.9 Å². The Bertz CT molecular complexity index is 1300. The van der Waals surface area contributed by atoms with E-state index in [1.165, 1.54) is 22.3 Å². The molecular weight excluding hydrogens is 494 g/mol. The summed E-state index contributed by atoms with van der Waals surface area (Å²) in [4.78, 5) is 28.6. The molecule has 0 spiro atoms. The number of carbonyl (C=O) groups is 2. The molecule has 3 aliphatic rings. The lowest BCUT2D eigenvalue weighted by atomic mass is 9.81. The molecule has 2 saturated heterocycles. The van der Waals surface area contributed by atoms with Crippen LogP contribution in [0.4, 0.5) is 4.79 Å². The van der Waals surface area contributed by atoms with E-state index in [4.69, 9.17) is 18.9 Å². The number of piperidine rings is 1. The number of amides is 1. The second-order valence-corrected chi connectivity index (χ2v) is 10.6. The zero-order valence-electron chi connectivity index (χ0n) is 22.3. The quantitative estimate of drug-likeness (QED) is 0.418. The summed E-state index contributed by atoms with van der Waals surface area (Å²) < 4.78 is 22.5. The maximum absolute atomic E-state index is 13.4. The van der Waals surface area contributed by atoms with Gasteiger partial charge in [-0.3, -0.25) is 9.69 Å². The van der Waals surface area contributed by atoms with E-state index < -0.39 is 0 Å². The molecule has 3 aromatic carbocycles. The zero-order chi connectivity index (χ0) is 26.9. The van der Waals surface area contributed by atoms with Crippen molar-refractivity contribution in [1.82, 2.24) is 4.90 Å². The number of rotatable bonds is 7. The maximum atomic E-state index is 13.4. The molecule has 6 rings (SSSR count). The largest absolute Gasteiger partial charge is 0.497 e. The minimum Gasteiger partial charge on any atom is -0.497 e. The van der Waals surface area contributed by atoms with Crippen molar-refractivity contribution < 1.29 is 28.5 Å². The van der Waals surface area contributed by atoms with Crippen molar-refractivity contribution >= 4 is 11.9 Å². The summed E-state index contributed by atoms with van der Waals surface area (Å²) in [6.07, 6.45) is 1.11. The molecular formula is C32H33NO6. The van der Waals surface area contributed by atoms with Crippen molar-refractivity contribution in [2.75, 3.05) is 34.0 Å². The Labute approximate surface area is 228 Å². The van der Waals surface area contributed by atoms with Crippen LogP contribution in [0.1, 0.15) is 35.4 Å². The molecule has 0 radical (unpaired) electrons. The van der Waals surface area contributed by atoms with Crippen molar-refractivity contribution in [2.45, 2.75) is 37.3 Å². The topological polar surface area (TPSA) is 74.3 Å². The number of ketones is 1. The second-order valence-electron chi connectivity index (χ2n) is 10.6. The first kappa shape index (κ1) is 25.4. The van der Waals surface area contributed by atoms with Crippen molar-refractivity contribution in [3.63, 3.8) is 0 Å². The monoisotopic (exact) mass is 527 g/mol. The molecule has 2 aliphatic heterocycles. The Hall–Kier alpha value is -3.84. The van der Waals surface area contributed by atoms with Crippen molar-refractivity contribution in [3.05, 3.63) is 83.4 Å². The molecule has 2 bridgehead atoms. The van der Waals surface area contributed by atoms with Crippen molar-refractivity contribution in [3.8, 4) is 22.6 Å². The molecule has 7 heteroatoms. The first-order chi connectivity index (χ1) is 19.1. The number of Topliss-reactive ketones (excluding diaryl/α,β-unsaturated/α-hetero) is 1. The van der Waals surface area contributed by atoms with Crippen LogP contribution in [0.2, 0.25) is 0 Å². The Kier molecular flexibility index (Phi) is 7.00. The minimum absolute atomic E-state index is 0.0106. The van der Waals surface area contributed by atoms with Gasteiger partial charge in [-0.1, -0.05) is 48.5 Å². The van der Waals surface area contributed by atoms with Gasteiger partial charge in [0.15, 0.2) is 0 Å². The Morgan fingerprint density at radius 3 is 1.97 bits per heavy atom. The normalized spacial score (nSPS) is 21.6. The molecule has 2 atom stereocenters. The van der Waals surface area contributed by atoms with Crippen LogP contribution in [0.5, 0.6) is 11.5 Å². The van der Waals surface area contributed by atoms with Crippen LogP contribution in [-0.2, 0) is 20.7 Å². The van der Waals surface area contributed by atoms with E-state index in [9.17, 15) is 9.59 Å². The highest BCUT2D eigenvalue weighted by Gasteiger charge is 2.44. The van der Waals surface area contributed by atoms with E-state index in [2.05, 4.69) is 24.3 Å². The predicted octanol–water partition coefficient (Wildman–Crippen LogP) is 5.24. The highest BCUT2D eigenvalue weighted by Crippen LogP contribution is 2.44. The fraction of sp³-hybridized carbons (Fsp3) is 0.375. The number of morpholine rings is 1. The molecule has 2 fully saturated rings. The first-order valence-electron chi connectivity index (χ1n) is 13.5. The van der Waals surface area contributed by atoms with Crippen LogP contribution in [0.25, 0.3) is 11.1 Å². The number of benzene rings is 3. The summed E-state index contributed by atoms with van der Waals surface area (Å²) in [7, 11) is 3.20. The van der Waals surface area contributed by atoms with Gasteiger partial charge in [0.1, 0.15) is 23.9 Å². The maximum Gasteiger partial charge on any atom is 0.410 e. The predicted molar refractivity (Wildman–Crippen MR) is 146 cm³/mol. The molecule has 39 heavy (non-hydrogen) atoms. The average molecular weight is 528 g/mol. The second kappa shape index (κ2) is 10.7. The van der Waals surface area contributed by atoms with E-state index >= 15 is 0 Å². The summed E-state index contributed by atoms with van der Waals surface area (Å²) in [5.41, 5.74) is 5.64. The number of methoxy groups -OCH3 is 2. The molecule has 0 N–H and O–H groups in total. The summed E-state index contributed by atoms with van der Waals surface area (Å²) in [6, 6.07) is 21.8. The van der Waals surface area contributed by atoms with Gasteiger partial charge in [0.05, 0.1) is 39.5 Å². The minimum atomic E-state index is -0.321. The third-order valence-electron chi connectivity index (χ3n) is 8.31. The van der Waals surface area contributed by atoms with Crippen molar-refractivity contribution in [1.29, 1.82) is 0 Å². The molecule has 2 heterocycles. The zero-order valence-corrected chi connectivity index (χ0v) is 22.3. The van der Waals surface area contributed by atoms with Gasteiger partial charge >= 0.3 is 6.09 Å². The lowest BCUT2D eigenvalue weighted by Crippen LogP contribution is -2.60. The van der Waals surface area contributed by atoms with E-state index in [0.717, 1.165) is 5.56 Å². The molecule has 0 saturated carbocycles.